The van der Waals surface area contributed by atoms with E-state index < -0.39 is 4.92 Å². The van der Waals surface area contributed by atoms with Crippen LogP contribution in [0.25, 0.3) is 11.4 Å². The molecule has 0 saturated heterocycles. The molecule has 10 heteroatoms. The number of aromatic nitrogens is 3. The summed E-state index contributed by atoms with van der Waals surface area (Å²) in [7, 11) is 0. The Bertz CT molecular complexity index is 1400. The molecule has 0 bridgehead atoms. The van der Waals surface area contributed by atoms with Crippen molar-refractivity contribution >= 4 is 35.7 Å². The molecule has 0 saturated carbocycles. The third-order valence-electron chi connectivity index (χ3n) is 4.59. The van der Waals surface area contributed by atoms with E-state index in [0.29, 0.717) is 26.9 Å². The van der Waals surface area contributed by atoms with Gasteiger partial charge in [-0.2, -0.15) is 14.9 Å². The van der Waals surface area contributed by atoms with E-state index in [4.69, 9.17) is 28.6 Å². The average molecular weight is 466 g/mol. The van der Waals surface area contributed by atoms with Crippen molar-refractivity contribution in [3.63, 3.8) is 0 Å². The molecule has 0 fully saturated rings. The second-order valence-electron chi connectivity index (χ2n) is 6.74. The minimum Gasteiger partial charge on any atom is -0.449 e. The smallest absolute Gasteiger partial charge is 0.312 e. The number of para-hydroxylation sites is 1. The lowest BCUT2D eigenvalue weighted by Crippen LogP contribution is -1.98. The SMILES string of the molecule is Cc1ccccc1-c1n[nH]c(=S)n1/N=C/c1ccc(Oc2ccccc2Cl)c([N+](=O)[O-])c1. The Morgan fingerprint density at radius 2 is 1.91 bits per heavy atom. The Kier molecular flexibility index (Phi) is 6.11. The van der Waals surface area contributed by atoms with E-state index in [9.17, 15) is 10.1 Å². The minimum atomic E-state index is -0.522. The van der Waals surface area contributed by atoms with Crippen molar-refractivity contribution in [1.82, 2.24) is 14.9 Å². The first-order valence-electron chi connectivity index (χ1n) is 9.42. The maximum Gasteiger partial charge on any atom is 0.312 e. The van der Waals surface area contributed by atoms with Crippen LogP contribution in [0.4, 0.5) is 5.69 Å². The highest BCUT2D eigenvalue weighted by Crippen LogP contribution is 2.35. The van der Waals surface area contributed by atoms with Gasteiger partial charge >= 0.3 is 5.69 Å². The molecule has 1 aromatic heterocycles. The number of nitrogens with one attached hydrogen (secondary N) is 1. The molecule has 0 spiro atoms. The van der Waals surface area contributed by atoms with Gasteiger partial charge in [0.15, 0.2) is 5.82 Å². The average Bonchev–Trinajstić information content (AvgIpc) is 3.14. The molecule has 1 heterocycles. The number of ether oxygens (including phenoxy) is 1. The number of aromatic amines is 1. The zero-order valence-electron chi connectivity index (χ0n) is 16.7. The van der Waals surface area contributed by atoms with Gasteiger partial charge in [-0.1, -0.05) is 48.0 Å². The van der Waals surface area contributed by atoms with Crippen LogP contribution in [0.3, 0.4) is 0 Å². The molecule has 0 radical (unpaired) electrons. The standard InChI is InChI=1S/C22H16ClN5O3S/c1-14-6-2-3-7-16(14)21-25-26-22(32)27(21)24-13-15-10-11-20(18(12-15)28(29)30)31-19-9-5-4-8-17(19)23/h2-13H,1H3,(H,26,32)/b24-13+. The lowest BCUT2D eigenvalue weighted by molar-refractivity contribution is -0.385. The highest BCUT2D eigenvalue weighted by Gasteiger charge is 2.18. The second-order valence-corrected chi connectivity index (χ2v) is 7.53. The van der Waals surface area contributed by atoms with Crippen LogP contribution in [-0.4, -0.2) is 26.0 Å². The fourth-order valence-electron chi connectivity index (χ4n) is 3.01. The molecule has 0 aliphatic rings. The van der Waals surface area contributed by atoms with Crippen LogP contribution in [0.1, 0.15) is 11.1 Å². The van der Waals surface area contributed by atoms with Crippen LogP contribution >= 0.6 is 23.8 Å². The normalized spacial score (nSPS) is 11.1. The van der Waals surface area contributed by atoms with Gasteiger partial charge in [-0.15, -0.1) is 0 Å². The number of nitro groups is 1. The fourth-order valence-corrected chi connectivity index (χ4v) is 3.36. The third-order valence-corrected chi connectivity index (χ3v) is 5.17. The summed E-state index contributed by atoms with van der Waals surface area (Å²) >= 11 is 11.4. The lowest BCUT2D eigenvalue weighted by atomic mass is 10.1. The Morgan fingerprint density at radius 3 is 2.66 bits per heavy atom. The second kappa shape index (κ2) is 9.13. The number of aryl methyl sites for hydroxylation is 1. The van der Waals surface area contributed by atoms with Gasteiger partial charge in [0, 0.05) is 17.2 Å². The molecule has 3 aromatic carbocycles. The Labute approximate surface area is 192 Å². The monoisotopic (exact) mass is 465 g/mol. The van der Waals surface area contributed by atoms with Crippen LogP contribution in [0.15, 0.2) is 71.8 Å². The topological polar surface area (TPSA) is 98.3 Å². The summed E-state index contributed by atoms with van der Waals surface area (Å²) < 4.78 is 7.43. The molecule has 4 rings (SSSR count). The minimum absolute atomic E-state index is 0.0702. The Hall–Kier alpha value is -3.82. The highest BCUT2D eigenvalue weighted by atomic mass is 35.5. The van der Waals surface area contributed by atoms with E-state index >= 15 is 0 Å². The Balaban J connectivity index is 1.68. The molecule has 4 aromatic rings. The lowest BCUT2D eigenvalue weighted by Gasteiger charge is -2.08. The van der Waals surface area contributed by atoms with Crippen molar-refractivity contribution in [3.05, 3.63) is 97.8 Å². The largest absolute Gasteiger partial charge is 0.449 e. The van der Waals surface area contributed by atoms with Crippen molar-refractivity contribution in [2.75, 3.05) is 0 Å². The molecule has 0 atom stereocenters. The molecule has 8 nitrogen and oxygen atoms in total. The van der Waals surface area contributed by atoms with Gasteiger partial charge in [-0.05, 0) is 49.0 Å². The van der Waals surface area contributed by atoms with Gasteiger partial charge in [0.1, 0.15) is 5.75 Å². The van der Waals surface area contributed by atoms with Gasteiger partial charge in [0.2, 0.25) is 10.5 Å². The summed E-state index contributed by atoms with van der Waals surface area (Å²) in [6.45, 7) is 1.96. The van der Waals surface area contributed by atoms with Gasteiger partial charge < -0.3 is 4.74 Å². The van der Waals surface area contributed by atoms with Crippen LogP contribution in [0.5, 0.6) is 11.5 Å². The number of benzene rings is 3. The zero-order valence-corrected chi connectivity index (χ0v) is 18.3. The number of hydrogen-bond acceptors (Lipinski definition) is 6. The summed E-state index contributed by atoms with van der Waals surface area (Å²) in [5.74, 6) is 0.935. The predicted octanol–water partition coefficient (Wildman–Crippen LogP) is 6.15. The number of nitro benzene ring substituents is 1. The summed E-state index contributed by atoms with van der Waals surface area (Å²) in [5, 5.41) is 23.4. The van der Waals surface area contributed by atoms with Crippen LogP contribution < -0.4 is 4.74 Å². The van der Waals surface area contributed by atoms with E-state index in [1.165, 1.54) is 23.0 Å². The van der Waals surface area contributed by atoms with Crippen LogP contribution in [0.2, 0.25) is 5.02 Å². The molecule has 160 valence electrons. The van der Waals surface area contributed by atoms with Gasteiger partial charge in [0.25, 0.3) is 0 Å². The van der Waals surface area contributed by atoms with E-state index in [2.05, 4.69) is 15.3 Å². The first-order valence-corrected chi connectivity index (χ1v) is 10.2. The summed E-state index contributed by atoms with van der Waals surface area (Å²) in [5.41, 5.74) is 2.15. The van der Waals surface area contributed by atoms with Crippen molar-refractivity contribution in [3.8, 4) is 22.9 Å². The molecule has 0 unspecified atom stereocenters. The van der Waals surface area contributed by atoms with E-state index in [1.54, 1.807) is 30.3 Å². The first kappa shape index (κ1) is 21.4. The van der Waals surface area contributed by atoms with E-state index in [0.717, 1.165) is 11.1 Å². The summed E-state index contributed by atoms with van der Waals surface area (Å²) in [4.78, 5) is 11.1. The van der Waals surface area contributed by atoms with Gasteiger partial charge in [-0.3, -0.25) is 10.1 Å². The van der Waals surface area contributed by atoms with Gasteiger partial charge in [-0.25, -0.2) is 5.10 Å². The quantitative estimate of drug-likeness (QED) is 0.159. The maximum atomic E-state index is 11.6. The highest BCUT2D eigenvalue weighted by molar-refractivity contribution is 7.71. The summed E-state index contributed by atoms with van der Waals surface area (Å²) in [6, 6.07) is 19.0. The molecular weight excluding hydrogens is 450 g/mol. The van der Waals surface area contributed by atoms with Crippen molar-refractivity contribution in [2.45, 2.75) is 6.92 Å². The number of halogens is 1. The molecule has 0 aliphatic carbocycles. The van der Waals surface area contributed by atoms with Crippen molar-refractivity contribution < 1.29 is 9.66 Å². The number of H-pyrrole nitrogens is 1. The van der Waals surface area contributed by atoms with Gasteiger partial charge in [0.05, 0.1) is 16.2 Å². The van der Waals surface area contributed by atoms with Crippen LogP contribution in [-0.2, 0) is 0 Å². The summed E-state index contributed by atoms with van der Waals surface area (Å²) in [6.07, 6.45) is 1.47. The molecule has 0 aliphatic heterocycles. The van der Waals surface area contributed by atoms with Crippen LogP contribution in [0, 0.1) is 21.8 Å². The zero-order chi connectivity index (χ0) is 22.7. The number of rotatable bonds is 6. The number of nitrogens with zero attached hydrogens (tertiary/aromatic N) is 4. The maximum absolute atomic E-state index is 11.6. The van der Waals surface area contributed by atoms with Crippen molar-refractivity contribution in [1.29, 1.82) is 0 Å². The Morgan fingerprint density at radius 1 is 1.16 bits per heavy atom. The molecule has 1 N–H and O–H groups in total. The molecular formula is C22H16ClN5O3S. The molecule has 0 amide bonds. The number of hydrogen-bond donors (Lipinski definition) is 1. The van der Waals surface area contributed by atoms with Crippen molar-refractivity contribution in [2.24, 2.45) is 5.10 Å². The third kappa shape index (κ3) is 4.43. The predicted molar refractivity (Wildman–Crippen MR) is 125 cm³/mol. The van der Waals surface area contributed by atoms with E-state index in [1.807, 2.05) is 31.2 Å². The fraction of sp³-hybridized carbons (Fsp3) is 0.0455. The molecule has 32 heavy (non-hydrogen) atoms. The van der Waals surface area contributed by atoms with E-state index in [-0.39, 0.29) is 11.4 Å². The first-order chi connectivity index (χ1) is 15.4.